The molecule has 0 aromatic heterocycles. The lowest BCUT2D eigenvalue weighted by Crippen LogP contribution is -2.52. The number of hydrogen-bond donors (Lipinski definition) is 4. The van der Waals surface area contributed by atoms with Crippen LogP contribution >= 0.6 is 0 Å². The number of amides is 3. The number of ether oxygens (including phenoxy) is 4. The Balaban J connectivity index is 1.05. The van der Waals surface area contributed by atoms with Crippen LogP contribution in [0.2, 0.25) is 0 Å². The molecule has 0 saturated heterocycles. The normalized spacial score (nSPS) is 26.1. The Bertz CT molecular complexity index is 2970. The number of nitrogens with zero attached hydrogens (tertiary/aromatic N) is 3. The van der Waals surface area contributed by atoms with Crippen LogP contribution in [0, 0.1) is 16.7 Å². The fourth-order valence-electron chi connectivity index (χ4n) is 13.8. The molecule has 4 N–H and O–H groups in total. The van der Waals surface area contributed by atoms with Crippen molar-refractivity contribution in [3.8, 4) is 23.0 Å². The molecule has 2 aromatic rings. The summed E-state index contributed by atoms with van der Waals surface area (Å²) in [4.78, 5) is 76.5. The number of phenols is 2. The second kappa shape index (κ2) is 25.2. The van der Waals surface area contributed by atoms with Crippen LogP contribution < -0.4 is 9.47 Å². The first-order chi connectivity index (χ1) is 39.1. The molecule has 8 atom stereocenters. The van der Waals surface area contributed by atoms with Crippen molar-refractivity contribution in [2.24, 2.45) is 16.7 Å². The molecule has 454 valence electrons. The zero-order chi connectivity index (χ0) is 60.5. The monoisotopic (exact) mass is 1150 g/mol. The van der Waals surface area contributed by atoms with Crippen LogP contribution in [0.4, 0.5) is 0 Å². The number of aliphatic hydroxyl groups is 2. The highest BCUT2D eigenvalue weighted by Gasteiger charge is 2.63. The highest BCUT2D eigenvalue weighted by molar-refractivity contribution is 6.03. The molecule has 2 fully saturated rings. The van der Waals surface area contributed by atoms with Gasteiger partial charge in [0, 0.05) is 47.1 Å². The van der Waals surface area contributed by atoms with Gasteiger partial charge < -0.3 is 54.1 Å². The number of phenolic OH excluding ortho intramolecular Hbond substituents is 2. The number of carbonyl (C=O) groups is 5. The minimum absolute atomic E-state index is 0.0201. The van der Waals surface area contributed by atoms with E-state index in [1.165, 1.54) is 39.3 Å². The molecule has 4 heterocycles. The van der Waals surface area contributed by atoms with E-state index in [2.05, 4.69) is 86.6 Å². The third kappa shape index (κ3) is 13.1. The van der Waals surface area contributed by atoms with Crippen LogP contribution in [0.3, 0.4) is 0 Å². The first-order valence-electron chi connectivity index (χ1n) is 30.4. The van der Waals surface area contributed by atoms with Crippen molar-refractivity contribution >= 4 is 29.7 Å². The molecule has 4 aliphatic heterocycles. The molecular weight excluding hydrogens is 1050 g/mol. The Morgan fingerprint density at radius 2 is 1.24 bits per heavy atom. The maximum absolute atomic E-state index is 15.5. The van der Waals surface area contributed by atoms with Gasteiger partial charge in [-0.05, 0) is 169 Å². The summed E-state index contributed by atoms with van der Waals surface area (Å²) in [7, 11) is 0. The topological polar surface area (TPSA) is 213 Å². The van der Waals surface area contributed by atoms with E-state index in [9.17, 15) is 39.6 Å². The van der Waals surface area contributed by atoms with E-state index in [0.29, 0.717) is 66.0 Å². The van der Waals surface area contributed by atoms with Gasteiger partial charge in [-0.3, -0.25) is 24.0 Å². The highest BCUT2D eigenvalue weighted by atomic mass is 16.6. The van der Waals surface area contributed by atoms with E-state index in [0.717, 1.165) is 43.4 Å². The standard InChI is InChI=1S/C67H93N3O13/c1-13-80-57(75)38-69(39-58(76)81-56-31-44-26-29-65(56,10)64(44,8)9)63(79)51(70-37-50-46(62(70)78)33-53(72)48-35-55(74)67(12,83-60(48)50)28-17-24-43(7)22-15-20-41(4)5)25-18-30-68-36-49-45(61(68)77)32-52(71)47-34-54(73)66(11,82-59(47)49)27-16-23-42(6)21-14-19-40(2)3/h19-20,23-24,32-33,44,51,54-56,71-74H,13-18,21-22,25-31,34-39H2,1-12H3/b42-23+,43-24+/t44-,51+,54+,55+,56+,65+,66-,67-/m1/s1. The molecule has 0 spiro atoms. The number of aromatic hydroxyl groups is 2. The number of aliphatic hydroxyl groups excluding tert-OH is 2. The number of fused-ring (bicyclic) bond motifs is 8. The van der Waals surface area contributed by atoms with Crippen LogP contribution in [0.25, 0.3) is 0 Å². The second-order valence-corrected chi connectivity index (χ2v) is 26.5. The summed E-state index contributed by atoms with van der Waals surface area (Å²) in [5, 5.41) is 46.0. The summed E-state index contributed by atoms with van der Waals surface area (Å²) in [6.45, 7) is 23.3. The lowest BCUT2D eigenvalue weighted by molar-refractivity contribution is -0.163. The maximum atomic E-state index is 15.5. The van der Waals surface area contributed by atoms with E-state index in [1.54, 1.807) is 11.8 Å². The predicted octanol–water partition coefficient (Wildman–Crippen LogP) is 11.1. The van der Waals surface area contributed by atoms with Crippen LogP contribution in [-0.4, -0.2) is 127 Å². The van der Waals surface area contributed by atoms with Crippen molar-refractivity contribution in [2.45, 2.75) is 228 Å². The smallest absolute Gasteiger partial charge is 0.325 e. The molecule has 0 unspecified atom stereocenters. The maximum Gasteiger partial charge on any atom is 0.325 e. The lowest BCUT2D eigenvalue weighted by Gasteiger charge is -2.41. The number of hydrogen-bond acceptors (Lipinski definition) is 13. The van der Waals surface area contributed by atoms with E-state index in [-0.39, 0.29) is 97.0 Å². The Morgan fingerprint density at radius 1 is 0.723 bits per heavy atom. The molecule has 83 heavy (non-hydrogen) atoms. The van der Waals surface area contributed by atoms with Crippen LogP contribution in [-0.2, 0) is 49.8 Å². The summed E-state index contributed by atoms with van der Waals surface area (Å²) in [5.41, 5.74) is 4.72. The van der Waals surface area contributed by atoms with Gasteiger partial charge in [0.2, 0.25) is 5.91 Å². The number of esters is 2. The Morgan fingerprint density at radius 3 is 1.73 bits per heavy atom. The first kappa shape index (κ1) is 62.9. The van der Waals surface area contributed by atoms with Crippen molar-refractivity contribution in [3.63, 3.8) is 0 Å². The van der Waals surface area contributed by atoms with E-state index < -0.39 is 72.4 Å². The van der Waals surface area contributed by atoms with Crippen molar-refractivity contribution < 1.29 is 63.3 Å². The third-order valence-electron chi connectivity index (χ3n) is 19.7. The van der Waals surface area contributed by atoms with Gasteiger partial charge in [0.25, 0.3) is 11.8 Å². The summed E-state index contributed by atoms with van der Waals surface area (Å²) in [6, 6.07) is 1.48. The van der Waals surface area contributed by atoms with E-state index >= 15 is 4.79 Å². The second-order valence-electron chi connectivity index (χ2n) is 26.5. The zero-order valence-corrected chi connectivity index (χ0v) is 51.5. The van der Waals surface area contributed by atoms with Crippen molar-refractivity contribution in [3.05, 3.63) is 92.1 Å². The molecule has 16 heteroatoms. The predicted molar refractivity (Wildman–Crippen MR) is 317 cm³/mol. The lowest BCUT2D eigenvalue weighted by atomic mass is 9.70. The quantitative estimate of drug-likeness (QED) is 0.0570. The van der Waals surface area contributed by atoms with E-state index in [4.69, 9.17) is 18.9 Å². The number of rotatable bonds is 24. The van der Waals surface area contributed by atoms with Gasteiger partial charge in [-0.25, -0.2) is 0 Å². The third-order valence-corrected chi connectivity index (χ3v) is 19.7. The fourth-order valence-corrected chi connectivity index (χ4v) is 13.8. The SMILES string of the molecule is CCOC(=O)CN(CC(=O)O[C@H]1C[C@H]2CC[C@]1(C)C2(C)C)C(=O)[C@H](CCCN1Cc2c(cc(O)c3c2O[C@](C)(CC/C=C(\C)CCC=C(C)C)[C@@H](O)C3)C1=O)N1Cc2c(cc(O)c3c2O[C@](C)(CC/C=C(\C)CCC=C(C)C)[C@@H](O)C3)C1=O. The first-order valence-corrected chi connectivity index (χ1v) is 30.4. The summed E-state index contributed by atoms with van der Waals surface area (Å²) in [5.74, 6) is -2.44. The molecule has 2 aromatic carbocycles. The van der Waals surface area contributed by atoms with Crippen molar-refractivity contribution in [1.82, 2.24) is 14.7 Å². The molecule has 0 radical (unpaired) electrons. The van der Waals surface area contributed by atoms with Gasteiger partial charge >= 0.3 is 11.9 Å². The van der Waals surface area contributed by atoms with Crippen molar-refractivity contribution in [1.29, 1.82) is 0 Å². The highest BCUT2D eigenvalue weighted by Crippen LogP contribution is 2.66. The molecule has 3 amide bonds. The van der Waals surface area contributed by atoms with E-state index in [1.807, 2.05) is 13.8 Å². The summed E-state index contributed by atoms with van der Waals surface area (Å²) in [6.07, 6.45) is 15.3. The van der Waals surface area contributed by atoms with Crippen molar-refractivity contribution in [2.75, 3.05) is 26.2 Å². The molecule has 8 rings (SSSR count). The fraction of sp³-hybridized carbons (Fsp3) is 0.627. The molecule has 6 aliphatic rings. The Labute approximate surface area is 491 Å². The number of carbonyl (C=O) groups excluding carboxylic acids is 5. The Kier molecular flexibility index (Phi) is 19.1. The molecular formula is C67H93N3O13. The molecule has 2 saturated carbocycles. The molecule has 2 aliphatic carbocycles. The van der Waals surface area contributed by atoms with Crippen LogP contribution in [0.5, 0.6) is 23.0 Å². The van der Waals surface area contributed by atoms with Gasteiger partial charge in [-0.15, -0.1) is 0 Å². The Hall–Kier alpha value is -6.13. The van der Waals surface area contributed by atoms with Gasteiger partial charge in [0.1, 0.15) is 59.4 Å². The molecule has 16 nitrogen and oxygen atoms in total. The van der Waals surface area contributed by atoms with Crippen LogP contribution in [0.1, 0.15) is 210 Å². The van der Waals surface area contributed by atoms with Gasteiger partial charge in [0.15, 0.2) is 0 Å². The summed E-state index contributed by atoms with van der Waals surface area (Å²) >= 11 is 0. The van der Waals surface area contributed by atoms with Crippen LogP contribution in [0.15, 0.2) is 58.7 Å². The minimum atomic E-state index is -1.30. The summed E-state index contributed by atoms with van der Waals surface area (Å²) < 4.78 is 25.0. The zero-order valence-electron chi connectivity index (χ0n) is 51.5. The van der Waals surface area contributed by atoms with Gasteiger partial charge in [-0.1, -0.05) is 67.4 Å². The van der Waals surface area contributed by atoms with Gasteiger partial charge in [-0.2, -0.15) is 0 Å². The largest absolute Gasteiger partial charge is 0.508 e. The van der Waals surface area contributed by atoms with Gasteiger partial charge in [0.05, 0.1) is 43.0 Å². The average Bonchev–Trinajstić information content (AvgIpc) is 2.97. The minimum Gasteiger partial charge on any atom is -0.508 e. The average molecular weight is 1150 g/mol. The number of allylic oxidation sites excluding steroid dienone is 8. The molecule has 2 bridgehead atoms. The number of benzene rings is 2.